The fourth-order valence-electron chi connectivity index (χ4n) is 2.18. The molecule has 98 valence electrons. The van der Waals surface area contributed by atoms with Gasteiger partial charge in [-0.2, -0.15) is 0 Å². The van der Waals surface area contributed by atoms with Crippen molar-refractivity contribution in [3.05, 3.63) is 58.1 Å². The lowest BCUT2D eigenvalue weighted by Gasteiger charge is -2.29. The Balaban J connectivity index is 1.92. The van der Waals surface area contributed by atoms with Gasteiger partial charge in [0.25, 0.3) is 0 Å². The van der Waals surface area contributed by atoms with Gasteiger partial charge in [0.15, 0.2) is 0 Å². The lowest BCUT2D eigenvalue weighted by Crippen LogP contribution is -2.20. The van der Waals surface area contributed by atoms with Crippen LogP contribution in [-0.2, 0) is 0 Å². The van der Waals surface area contributed by atoms with Crippen LogP contribution in [0.3, 0.4) is 0 Å². The summed E-state index contributed by atoms with van der Waals surface area (Å²) in [6, 6.07) is 7.89. The van der Waals surface area contributed by atoms with E-state index >= 15 is 0 Å². The molecule has 0 aliphatic carbocycles. The van der Waals surface area contributed by atoms with Crippen molar-refractivity contribution in [3.63, 3.8) is 0 Å². The van der Waals surface area contributed by atoms with Crippen molar-refractivity contribution in [2.45, 2.75) is 18.6 Å². The van der Waals surface area contributed by atoms with E-state index in [0.717, 1.165) is 10.2 Å². The second-order valence-electron chi connectivity index (χ2n) is 4.44. The van der Waals surface area contributed by atoms with Gasteiger partial charge in [0.1, 0.15) is 17.7 Å². The number of halogens is 2. The average molecular weight is 324 g/mol. The highest BCUT2D eigenvalue weighted by Gasteiger charge is 2.29. The first-order valence-corrected chi connectivity index (χ1v) is 6.68. The first kappa shape index (κ1) is 12.6. The summed E-state index contributed by atoms with van der Waals surface area (Å²) in [5.74, 6) is 0.136. The summed E-state index contributed by atoms with van der Waals surface area (Å²) in [6.45, 7) is 0. The van der Waals surface area contributed by atoms with Crippen LogP contribution in [0.15, 0.2) is 41.0 Å². The maximum Gasteiger partial charge on any atom is 0.143 e. The van der Waals surface area contributed by atoms with Crippen molar-refractivity contribution >= 4 is 15.9 Å². The molecule has 1 aliphatic heterocycles. The van der Waals surface area contributed by atoms with Gasteiger partial charge in [0, 0.05) is 22.7 Å². The second-order valence-corrected chi connectivity index (χ2v) is 5.36. The summed E-state index contributed by atoms with van der Waals surface area (Å²) in [5.41, 5.74) is 1.24. The van der Waals surface area contributed by atoms with Crippen LogP contribution in [0.25, 0.3) is 0 Å². The third kappa shape index (κ3) is 2.48. The zero-order chi connectivity index (χ0) is 13.4. The van der Waals surface area contributed by atoms with Crippen molar-refractivity contribution in [3.8, 4) is 5.75 Å². The Morgan fingerprint density at radius 2 is 2.16 bits per heavy atom. The van der Waals surface area contributed by atoms with Crippen LogP contribution in [0, 0.1) is 5.82 Å². The highest BCUT2D eigenvalue weighted by atomic mass is 79.9. The van der Waals surface area contributed by atoms with E-state index in [2.05, 4.69) is 20.9 Å². The van der Waals surface area contributed by atoms with E-state index in [1.807, 2.05) is 12.1 Å². The lowest BCUT2D eigenvalue weighted by atomic mass is 9.97. The number of hydrogen-bond donors (Lipinski definition) is 1. The number of aromatic nitrogens is 1. The highest BCUT2D eigenvalue weighted by Crippen LogP contribution is 2.40. The SMILES string of the molecule is O[C@H]1CC(c2ccc(Br)cn2)Oc2ccc(F)cc21. The molecule has 3 nitrogen and oxygen atoms in total. The number of rotatable bonds is 1. The van der Waals surface area contributed by atoms with Gasteiger partial charge in [0.2, 0.25) is 0 Å². The summed E-state index contributed by atoms with van der Waals surface area (Å²) >= 11 is 3.32. The minimum Gasteiger partial charge on any atom is -0.484 e. The van der Waals surface area contributed by atoms with E-state index in [9.17, 15) is 9.50 Å². The smallest absolute Gasteiger partial charge is 0.143 e. The molecule has 0 bridgehead atoms. The molecule has 0 saturated carbocycles. The number of pyridine rings is 1. The van der Waals surface area contributed by atoms with E-state index in [1.54, 1.807) is 12.3 Å². The summed E-state index contributed by atoms with van der Waals surface area (Å²) < 4.78 is 19.8. The average Bonchev–Trinajstić information content (AvgIpc) is 2.40. The van der Waals surface area contributed by atoms with Crippen LogP contribution in [0.1, 0.15) is 29.9 Å². The number of fused-ring (bicyclic) bond motifs is 1. The molecule has 1 unspecified atom stereocenters. The van der Waals surface area contributed by atoms with Gasteiger partial charge < -0.3 is 9.84 Å². The molecular formula is C14H11BrFNO2. The first-order chi connectivity index (χ1) is 9.13. The number of ether oxygens (including phenoxy) is 1. The Morgan fingerprint density at radius 3 is 2.89 bits per heavy atom. The van der Waals surface area contributed by atoms with Crippen LogP contribution in [0.2, 0.25) is 0 Å². The Hall–Kier alpha value is -1.46. The monoisotopic (exact) mass is 323 g/mol. The minimum atomic E-state index is -0.741. The topological polar surface area (TPSA) is 42.4 Å². The molecule has 2 atom stereocenters. The van der Waals surface area contributed by atoms with E-state index in [0.29, 0.717) is 17.7 Å². The molecule has 3 rings (SSSR count). The molecule has 0 saturated heterocycles. The molecule has 0 radical (unpaired) electrons. The molecule has 0 spiro atoms. The van der Waals surface area contributed by atoms with Gasteiger partial charge in [-0.3, -0.25) is 4.98 Å². The molecule has 1 aromatic carbocycles. The Labute approximate surface area is 118 Å². The number of benzene rings is 1. The first-order valence-electron chi connectivity index (χ1n) is 5.89. The predicted octanol–water partition coefficient (Wildman–Crippen LogP) is 3.54. The molecule has 0 fully saturated rings. The molecule has 2 aromatic rings. The van der Waals surface area contributed by atoms with Crippen LogP contribution >= 0.6 is 15.9 Å². The summed E-state index contributed by atoms with van der Waals surface area (Å²) in [7, 11) is 0. The van der Waals surface area contributed by atoms with Crippen LogP contribution < -0.4 is 4.74 Å². The largest absolute Gasteiger partial charge is 0.484 e. The van der Waals surface area contributed by atoms with Gasteiger partial charge in [-0.05, 0) is 46.3 Å². The zero-order valence-corrected chi connectivity index (χ0v) is 11.5. The van der Waals surface area contributed by atoms with Crippen LogP contribution in [0.4, 0.5) is 4.39 Å². The van der Waals surface area contributed by atoms with Crippen molar-refractivity contribution < 1.29 is 14.2 Å². The molecule has 1 aliphatic rings. The van der Waals surface area contributed by atoms with Crippen molar-refractivity contribution in [1.82, 2.24) is 4.98 Å². The minimum absolute atomic E-state index is 0.318. The summed E-state index contributed by atoms with van der Waals surface area (Å²) in [4.78, 5) is 4.27. The second kappa shape index (κ2) is 4.90. The normalized spacial score (nSPS) is 21.6. The van der Waals surface area contributed by atoms with Crippen LogP contribution in [0.5, 0.6) is 5.75 Å². The highest BCUT2D eigenvalue weighted by molar-refractivity contribution is 9.10. The molecule has 1 N–H and O–H groups in total. The molecule has 0 amide bonds. The van der Waals surface area contributed by atoms with Crippen molar-refractivity contribution in [1.29, 1.82) is 0 Å². The Kier molecular flexibility index (Phi) is 3.24. The van der Waals surface area contributed by atoms with Crippen molar-refractivity contribution in [2.75, 3.05) is 0 Å². The van der Waals surface area contributed by atoms with E-state index in [4.69, 9.17) is 4.74 Å². The van der Waals surface area contributed by atoms with E-state index < -0.39 is 6.10 Å². The Bertz CT molecular complexity index is 603. The predicted molar refractivity (Wildman–Crippen MR) is 71.3 cm³/mol. The zero-order valence-electron chi connectivity index (χ0n) is 9.88. The fraction of sp³-hybridized carbons (Fsp3) is 0.214. The third-order valence-corrected chi connectivity index (χ3v) is 3.59. The van der Waals surface area contributed by atoms with Gasteiger partial charge in [0.05, 0.1) is 11.8 Å². The number of aliphatic hydroxyl groups excluding tert-OH is 1. The maximum absolute atomic E-state index is 13.1. The van der Waals surface area contributed by atoms with Gasteiger partial charge in [-0.25, -0.2) is 4.39 Å². The van der Waals surface area contributed by atoms with Crippen LogP contribution in [-0.4, -0.2) is 10.1 Å². The standard InChI is InChI=1S/C14H11BrFNO2/c15-8-1-3-11(17-7-8)14-6-12(18)10-5-9(16)2-4-13(10)19-14/h1-5,7,12,14,18H,6H2/t12-,14?/m0/s1. The molecular weight excluding hydrogens is 313 g/mol. The maximum atomic E-state index is 13.1. The van der Waals surface area contributed by atoms with Gasteiger partial charge in [-0.15, -0.1) is 0 Å². The number of nitrogens with zero attached hydrogens (tertiary/aromatic N) is 1. The number of aliphatic hydroxyl groups is 1. The summed E-state index contributed by atoms with van der Waals surface area (Å²) in [6.07, 6.45) is 0.993. The van der Waals surface area contributed by atoms with E-state index in [1.165, 1.54) is 12.1 Å². The molecule has 19 heavy (non-hydrogen) atoms. The molecule has 1 aromatic heterocycles. The van der Waals surface area contributed by atoms with Gasteiger partial charge >= 0.3 is 0 Å². The quantitative estimate of drug-likeness (QED) is 0.872. The van der Waals surface area contributed by atoms with E-state index in [-0.39, 0.29) is 11.9 Å². The van der Waals surface area contributed by atoms with Crippen molar-refractivity contribution in [2.24, 2.45) is 0 Å². The fourth-order valence-corrected chi connectivity index (χ4v) is 2.41. The molecule has 2 heterocycles. The lowest BCUT2D eigenvalue weighted by molar-refractivity contribution is 0.0633. The third-order valence-electron chi connectivity index (χ3n) is 3.12. The Morgan fingerprint density at radius 1 is 1.32 bits per heavy atom. The molecule has 5 heteroatoms. The number of hydrogen-bond acceptors (Lipinski definition) is 3. The summed E-state index contributed by atoms with van der Waals surface area (Å²) in [5, 5.41) is 10.1. The van der Waals surface area contributed by atoms with Gasteiger partial charge in [-0.1, -0.05) is 0 Å².